The number of hydrogen-bond donors (Lipinski definition) is 2. The van der Waals surface area contributed by atoms with Gasteiger partial charge in [-0.2, -0.15) is 0 Å². The van der Waals surface area contributed by atoms with Gasteiger partial charge in [-0.3, -0.25) is 4.79 Å². The maximum Gasteiger partial charge on any atom is 0.256 e. The van der Waals surface area contributed by atoms with Gasteiger partial charge in [0.2, 0.25) is 0 Å². The first-order chi connectivity index (χ1) is 13.1. The number of benzene rings is 2. The number of anilines is 3. The topological polar surface area (TPSA) is 85.4 Å². The van der Waals surface area contributed by atoms with Crippen molar-refractivity contribution in [3.8, 4) is 11.5 Å². The van der Waals surface area contributed by atoms with E-state index in [1.807, 2.05) is 6.07 Å². The van der Waals surface area contributed by atoms with E-state index < -0.39 is 0 Å². The minimum absolute atomic E-state index is 0.290. The summed E-state index contributed by atoms with van der Waals surface area (Å²) in [5, 5.41) is 14.4. The Bertz CT molecular complexity index is 931. The quantitative estimate of drug-likeness (QED) is 0.664. The first-order valence-corrected chi connectivity index (χ1v) is 8.36. The van der Waals surface area contributed by atoms with Gasteiger partial charge >= 0.3 is 0 Å². The minimum atomic E-state index is -0.290. The molecular weight excluding hydrogens is 368 g/mol. The number of carbonyl (C=O) groups excluding carboxylic acids is 1. The van der Waals surface area contributed by atoms with Crippen LogP contribution < -0.4 is 20.1 Å². The van der Waals surface area contributed by atoms with Crippen molar-refractivity contribution in [3.05, 3.63) is 65.2 Å². The van der Waals surface area contributed by atoms with Crippen LogP contribution in [0, 0.1) is 0 Å². The van der Waals surface area contributed by atoms with Crippen molar-refractivity contribution in [2.75, 3.05) is 24.9 Å². The molecule has 3 rings (SSSR count). The monoisotopic (exact) mass is 384 g/mol. The molecule has 0 spiro atoms. The van der Waals surface area contributed by atoms with Crippen molar-refractivity contribution >= 4 is 34.8 Å². The summed E-state index contributed by atoms with van der Waals surface area (Å²) in [6.07, 6.45) is 0. The Hall–Kier alpha value is -3.32. The van der Waals surface area contributed by atoms with Crippen molar-refractivity contribution in [1.29, 1.82) is 0 Å². The highest BCUT2D eigenvalue weighted by Crippen LogP contribution is 2.30. The molecule has 138 valence electrons. The van der Waals surface area contributed by atoms with E-state index in [9.17, 15) is 4.79 Å². The lowest BCUT2D eigenvalue weighted by Crippen LogP contribution is -2.13. The van der Waals surface area contributed by atoms with Gasteiger partial charge in [-0.25, -0.2) is 0 Å². The number of methoxy groups -OCH3 is 2. The second kappa shape index (κ2) is 8.37. The maximum absolute atomic E-state index is 12.2. The van der Waals surface area contributed by atoms with Crippen molar-refractivity contribution in [1.82, 2.24) is 10.2 Å². The van der Waals surface area contributed by atoms with Gasteiger partial charge in [-0.15, -0.1) is 10.2 Å². The van der Waals surface area contributed by atoms with Gasteiger partial charge in [-0.05, 0) is 48.5 Å². The number of rotatable bonds is 6. The lowest BCUT2D eigenvalue weighted by atomic mass is 10.2. The number of nitrogens with one attached hydrogen (secondary N) is 2. The Morgan fingerprint density at radius 3 is 2.19 bits per heavy atom. The predicted molar refractivity (Wildman–Crippen MR) is 104 cm³/mol. The van der Waals surface area contributed by atoms with Crippen molar-refractivity contribution in [2.45, 2.75) is 0 Å². The van der Waals surface area contributed by atoms with Crippen molar-refractivity contribution < 1.29 is 14.3 Å². The molecule has 0 aliphatic heterocycles. The van der Waals surface area contributed by atoms with E-state index in [1.54, 1.807) is 62.8 Å². The molecule has 2 aromatic carbocycles. The van der Waals surface area contributed by atoms with Crippen molar-refractivity contribution in [2.24, 2.45) is 0 Å². The maximum atomic E-state index is 12.2. The van der Waals surface area contributed by atoms with Gasteiger partial charge in [0.15, 0.2) is 23.1 Å². The van der Waals surface area contributed by atoms with Crippen LogP contribution in [0.5, 0.6) is 11.5 Å². The Labute approximate surface area is 161 Å². The van der Waals surface area contributed by atoms with E-state index in [1.165, 1.54) is 0 Å². The number of halogens is 1. The molecule has 8 heteroatoms. The van der Waals surface area contributed by atoms with E-state index in [0.717, 1.165) is 5.69 Å². The summed E-state index contributed by atoms with van der Waals surface area (Å²) >= 11 is 5.82. The Balaban J connectivity index is 1.66. The van der Waals surface area contributed by atoms with Crippen LogP contribution in [0.2, 0.25) is 5.02 Å². The molecule has 3 aromatic rings. The molecule has 0 aliphatic rings. The van der Waals surface area contributed by atoms with Gasteiger partial charge in [0.1, 0.15) is 0 Å². The van der Waals surface area contributed by atoms with Crippen molar-refractivity contribution in [3.63, 3.8) is 0 Å². The predicted octanol–water partition coefficient (Wildman–Crippen LogP) is 4.14. The fourth-order valence-corrected chi connectivity index (χ4v) is 2.44. The Morgan fingerprint density at radius 1 is 0.889 bits per heavy atom. The molecule has 2 N–H and O–H groups in total. The smallest absolute Gasteiger partial charge is 0.256 e. The van der Waals surface area contributed by atoms with Crippen LogP contribution in [0.3, 0.4) is 0 Å². The molecule has 0 saturated carbocycles. The molecule has 1 aromatic heterocycles. The highest BCUT2D eigenvalue weighted by molar-refractivity contribution is 6.30. The SMILES string of the molecule is COc1ccc(Nc2ccc(NC(=O)c3ccc(Cl)cc3)nn2)cc1OC. The highest BCUT2D eigenvalue weighted by atomic mass is 35.5. The van der Waals surface area contributed by atoms with E-state index in [0.29, 0.717) is 33.7 Å². The summed E-state index contributed by atoms with van der Waals surface area (Å²) in [5.74, 6) is 1.80. The molecule has 0 radical (unpaired) electrons. The largest absolute Gasteiger partial charge is 0.493 e. The molecule has 7 nitrogen and oxygen atoms in total. The summed E-state index contributed by atoms with van der Waals surface area (Å²) in [6.45, 7) is 0. The zero-order valence-corrected chi connectivity index (χ0v) is 15.4. The second-order valence-corrected chi connectivity index (χ2v) is 5.90. The standard InChI is InChI=1S/C19H17ClN4O3/c1-26-15-8-7-14(11-16(15)27-2)21-17-9-10-18(24-23-17)22-19(25)12-3-5-13(20)6-4-12/h3-11H,1-2H3,(H,21,23)(H,22,24,25). The molecule has 1 heterocycles. The normalized spacial score (nSPS) is 10.2. The number of ether oxygens (including phenoxy) is 2. The number of amides is 1. The Kier molecular flexibility index (Phi) is 5.73. The first-order valence-electron chi connectivity index (χ1n) is 7.99. The zero-order valence-electron chi connectivity index (χ0n) is 14.7. The lowest BCUT2D eigenvalue weighted by molar-refractivity contribution is 0.102. The molecule has 0 unspecified atom stereocenters. The van der Waals surface area contributed by atoms with Crippen LogP contribution in [0.1, 0.15) is 10.4 Å². The van der Waals surface area contributed by atoms with Crippen LogP contribution in [-0.4, -0.2) is 30.3 Å². The van der Waals surface area contributed by atoms with Gasteiger partial charge < -0.3 is 20.1 Å². The fourth-order valence-electron chi connectivity index (χ4n) is 2.32. The van der Waals surface area contributed by atoms with Crippen LogP contribution >= 0.6 is 11.6 Å². The van der Waals surface area contributed by atoms with E-state index in [2.05, 4.69) is 20.8 Å². The molecule has 0 saturated heterocycles. The molecule has 0 aliphatic carbocycles. The number of hydrogen-bond acceptors (Lipinski definition) is 6. The summed E-state index contributed by atoms with van der Waals surface area (Å²) in [4.78, 5) is 12.2. The average molecular weight is 385 g/mol. The number of nitrogens with zero attached hydrogens (tertiary/aromatic N) is 2. The number of carbonyl (C=O) groups is 1. The van der Waals surface area contributed by atoms with Gasteiger partial charge in [0, 0.05) is 22.3 Å². The lowest BCUT2D eigenvalue weighted by Gasteiger charge is -2.11. The van der Waals surface area contributed by atoms with Gasteiger partial charge in [-0.1, -0.05) is 11.6 Å². The Morgan fingerprint density at radius 2 is 1.56 bits per heavy atom. The van der Waals surface area contributed by atoms with Crippen LogP contribution in [0.4, 0.5) is 17.3 Å². The molecule has 0 bridgehead atoms. The van der Waals surface area contributed by atoms with E-state index in [4.69, 9.17) is 21.1 Å². The summed E-state index contributed by atoms with van der Waals surface area (Å²) in [6, 6.07) is 15.4. The summed E-state index contributed by atoms with van der Waals surface area (Å²) < 4.78 is 10.5. The number of aromatic nitrogens is 2. The third-order valence-corrected chi connectivity index (χ3v) is 3.92. The van der Waals surface area contributed by atoms with Gasteiger partial charge in [0.25, 0.3) is 5.91 Å². The minimum Gasteiger partial charge on any atom is -0.493 e. The van der Waals surface area contributed by atoms with Crippen LogP contribution in [0.25, 0.3) is 0 Å². The molecular formula is C19H17ClN4O3. The molecule has 27 heavy (non-hydrogen) atoms. The van der Waals surface area contributed by atoms with E-state index in [-0.39, 0.29) is 5.91 Å². The van der Waals surface area contributed by atoms with Gasteiger partial charge in [0.05, 0.1) is 14.2 Å². The average Bonchev–Trinajstić information content (AvgIpc) is 2.69. The van der Waals surface area contributed by atoms with Crippen LogP contribution in [-0.2, 0) is 0 Å². The molecule has 0 fully saturated rings. The second-order valence-electron chi connectivity index (χ2n) is 5.46. The van der Waals surface area contributed by atoms with E-state index >= 15 is 0 Å². The third-order valence-electron chi connectivity index (χ3n) is 3.67. The first kappa shape index (κ1) is 18.5. The fraction of sp³-hybridized carbons (Fsp3) is 0.105. The summed E-state index contributed by atoms with van der Waals surface area (Å²) in [5.41, 5.74) is 1.24. The highest BCUT2D eigenvalue weighted by Gasteiger charge is 2.08. The van der Waals surface area contributed by atoms with Crippen LogP contribution in [0.15, 0.2) is 54.6 Å². The third kappa shape index (κ3) is 4.65. The summed E-state index contributed by atoms with van der Waals surface area (Å²) in [7, 11) is 3.15. The zero-order chi connectivity index (χ0) is 19.2. The molecule has 1 amide bonds. The molecule has 0 atom stereocenters.